The molecule has 0 aliphatic heterocycles. The van der Waals surface area contributed by atoms with Gasteiger partial charge < -0.3 is 29.6 Å². The number of methoxy groups -OCH3 is 4. The summed E-state index contributed by atoms with van der Waals surface area (Å²) in [7, 11) is 6.66. The topological polar surface area (TPSA) is 61.0 Å². The molecule has 0 amide bonds. The molecule has 3 rings (SSSR count). The number of benzene rings is 2. The first kappa shape index (κ1) is 22.2. The Morgan fingerprint density at radius 2 is 0.967 bits per heavy atom. The number of nitrogens with one attached hydrogen (secondary N) is 2. The number of hydrogen-bond donors (Lipinski definition) is 2. The van der Waals surface area contributed by atoms with Crippen LogP contribution in [0.4, 0.5) is 0 Å². The van der Waals surface area contributed by atoms with E-state index in [4.69, 9.17) is 18.9 Å². The highest BCUT2D eigenvalue weighted by molar-refractivity contribution is 5.43. The van der Waals surface area contributed by atoms with Crippen LogP contribution in [0.1, 0.15) is 36.8 Å². The molecule has 6 heteroatoms. The van der Waals surface area contributed by atoms with E-state index in [0.717, 1.165) is 36.1 Å². The van der Waals surface area contributed by atoms with Gasteiger partial charge in [-0.3, -0.25) is 0 Å². The summed E-state index contributed by atoms with van der Waals surface area (Å²) < 4.78 is 21.4. The zero-order valence-electron chi connectivity index (χ0n) is 18.5. The van der Waals surface area contributed by atoms with Crippen LogP contribution in [0, 0.1) is 0 Å². The molecular weight excluding hydrogens is 380 g/mol. The van der Waals surface area contributed by atoms with Crippen molar-refractivity contribution in [3.8, 4) is 23.0 Å². The second-order valence-electron chi connectivity index (χ2n) is 7.69. The minimum atomic E-state index is 0.553. The van der Waals surface area contributed by atoms with Crippen molar-refractivity contribution in [1.29, 1.82) is 0 Å². The Morgan fingerprint density at radius 1 is 0.600 bits per heavy atom. The van der Waals surface area contributed by atoms with E-state index >= 15 is 0 Å². The third kappa shape index (κ3) is 5.80. The van der Waals surface area contributed by atoms with Crippen molar-refractivity contribution < 1.29 is 18.9 Å². The third-order valence-corrected chi connectivity index (χ3v) is 5.81. The van der Waals surface area contributed by atoms with Crippen LogP contribution in [-0.2, 0) is 13.1 Å². The molecule has 0 spiro atoms. The van der Waals surface area contributed by atoms with E-state index in [-0.39, 0.29) is 0 Å². The maximum absolute atomic E-state index is 5.40. The van der Waals surface area contributed by atoms with Crippen LogP contribution in [-0.4, -0.2) is 40.5 Å². The number of hydrogen-bond acceptors (Lipinski definition) is 6. The van der Waals surface area contributed by atoms with Crippen LogP contribution in [0.5, 0.6) is 23.0 Å². The molecule has 0 aromatic heterocycles. The van der Waals surface area contributed by atoms with Gasteiger partial charge in [-0.1, -0.05) is 12.1 Å². The molecule has 0 atom stereocenters. The minimum Gasteiger partial charge on any atom is -0.493 e. The fourth-order valence-electron chi connectivity index (χ4n) is 4.01. The second-order valence-corrected chi connectivity index (χ2v) is 7.69. The third-order valence-electron chi connectivity index (χ3n) is 5.81. The fraction of sp³-hybridized carbons (Fsp3) is 0.500. The molecule has 2 N–H and O–H groups in total. The first-order valence-corrected chi connectivity index (χ1v) is 10.6. The predicted molar refractivity (Wildman–Crippen MR) is 119 cm³/mol. The van der Waals surface area contributed by atoms with Crippen LogP contribution in [0.3, 0.4) is 0 Å². The van der Waals surface area contributed by atoms with Crippen LogP contribution in [0.2, 0.25) is 0 Å². The zero-order valence-corrected chi connectivity index (χ0v) is 18.5. The standard InChI is InChI=1S/C24H34N2O4/c1-27-21-11-5-17(13-23(21)29-3)15-25-19-7-9-20(10-8-19)26-16-18-6-12-22(28-2)24(14-18)30-4/h5-6,11-14,19-20,25-26H,7-10,15-16H2,1-4H3. The summed E-state index contributed by atoms with van der Waals surface area (Å²) in [5.41, 5.74) is 2.42. The number of ether oxygens (including phenoxy) is 4. The first-order chi connectivity index (χ1) is 14.7. The molecule has 2 aromatic carbocycles. The Kier molecular flexibility index (Phi) is 8.22. The molecule has 0 unspecified atom stereocenters. The summed E-state index contributed by atoms with van der Waals surface area (Å²) in [5.74, 6) is 3.09. The van der Waals surface area contributed by atoms with Crippen LogP contribution < -0.4 is 29.6 Å². The Labute approximate surface area is 179 Å². The van der Waals surface area contributed by atoms with Gasteiger partial charge in [0, 0.05) is 25.2 Å². The molecule has 6 nitrogen and oxygen atoms in total. The SMILES string of the molecule is COc1ccc(CNC2CCC(NCc3ccc(OC)c(OC)c3)CC2)cc1OC. The molecular formula is C24H34N2O4. The summed E-state index contributed by atoms with van der Waals surface area (Å²) in [6.45, 7) is 1.68. The van der Waals surface area contributed by atoms with Gasteiger partial charge in [-0.15, -0.1) is 0 Å². The van der Waals surface area contributed by atoms with Crippen molar-refractivity contribution in [2.45, 2.75) is 50.9 Å². The van der Waals surface area contributed by atoms with Crippen LogP contribution >= 0.6 is 0 Å². The minimum absolute atomic E-state index is 0.553. The Morgan fingerprint density at radius 3 is 1.30 bits per heavy atom. The van der Waals surface area contributed by atoms with E-state index in [1.165, 1.54) is 36.8 Å². The Bertz CT molecular complexity index is 736. The van der Waals surface area contributed by atoms with Crippen molar-refractivity contribution >= 4 is 0 Å². The van der Waals surface area contributed by atoms with E-state index in [1.807, 2.05) is 24.3 Å². The molecule has 2 aromatic rings. The predicted octanol–water partition coefficient (Wildman–Crippen LogP) is 3.91. The van der Waals surface area contributed by atoms with Gasteiger partial charge in [0.2, 0.25) is 0 Å². The number of rotatable bonds is 10. The molecule has 1 aliphatic rings. The van der Waals surface area contributed by atoms with Gasteiger partial charge in [0.1, 0.15) is 0 Å². The summed E-state index contributed by atoms with van der Waals surface area (Å²) in [6.07, 6.45) is 4.71. The fourth-order valence-corrected chi connectivity index (χ4v) is 4.01. The van der Waals surface area contributed by atoms with Gasteiger partial charge in [0.05, 0.1) is 28.4 Å². The monoisotopic (exact) mass is 414 g/mol. The maximum atomic E-state index is 5.40. The van der Waals surface area contributed by atoms with E-state index in [1.54, 1.807) is 28.4 Å². The smallest absolute Gasteiger partial charge is 0.161 e. The summed E-state index contributed by atoms with van der Waals surface area (Å²) >= 11 is 0. The van der Waals surface area contributed by atoms with Crippen LogP contribution in [0.25, 0.3) is 0 Å². The lowest BCUT2D eigenvalue weighted by Crippen LogP contribution is -2.39. The molecule has 1 aliphatic carbocycles. The Balaban J connectivity index is 1.42. The van der Waals surface area contributed by atoms with Crippen LogP contribution in [0.15, 0.2) is 36.4 Å². The lowest BCUT2D eigenvalue weighted by atomic mass is 9.91. The zero-order chi connectivity index (χ0) is 21.3. The normalized spacial score (nSPS) is 18.7. The first-order valence-electron chi connectivity index (χ1n) is 10.6. The van der Waals surface area contributed by atoms with Crippen molar-refractivity contribution in [2.75, 3.05) is 28.4 Å². The maximum Gasteiger partial charge on any atom is 0.161 e. The molecule has 164 valence electrons. The van der Waals surface area contributed by atoms with Gasteiger partial charge >= 0.3 is 0 Å². The molecule has 0 radical (unpaired) electrons. The van der Waals surface area contributed by atoms with Gasteiger partial charge in [0.15, 0.2) is 23.0 Å². The Hall–Kier alpha value is -2.44. The average Bonchev–Trinajstić information content (AvgIpc) is 2.81. The van der Waals surface area contributed by atoms with E-state index < -0.39 is 0 Å². The molecule has 1 fully saturated rings. The molecule has 0 saturated heterocycles. The van der Waals surface area contributed by atoms with Crippen molar-refractivity contribution in [2.24, 2.45) is 0 Å². The average molecular weight is 415 g/mol. The van der Waals surface area contributed by atoms with E-state index in [9.17, 15) is 0 Å². The van der Waals surface area contributed by atoms with Gasteiger partial charge in [-0.05, 0) is 61.1 Å². The van der Waals surface area contributed by atoms with Gasteiger partial charge in [-0.25, -0.2) is 0 Å². The van der Waals surface area contributed by atoms with E-state index in [2.05, 4.69) is 22.8 Å². The highest BCUT2D eigenvalue weighted by Gasteiger charge is 2.20. The molecule has 0 heterocycles. The quantitative estimate of drug-likeness (QED) is 0.615. The highest BCUT2D eigenvalue weighted by Crippen LogP contribution is 2.29. The highest BCUT2D eigenvalue weighted by atomic mass is 16.5. The lowest BCUT2D eigenvalue weighted by molar-refractivity contribution is 0.305. The van der Waals surface area contributed by atoms with Gasteiger partial charge in [0.25, 0.3) is 0 Å². The van der Waals surface area contributed by atoms with Crippen molar-refractivity contribution in [3.05, 3.63) is 47.5 Å². The summed E-state index contributed by atoms with van der Waals surface area (Å²) in [6, 6.07) is 13.3. The van der Waals surface area contributed by atoms with E-state index in [0.29, 0.717) is 12.1 Å². The summed E-state index contributed by atoms with van der Waals surface area (Å²) in [4.78, 5) is 0. The largest absolute Gasteiger partial charge is 0.493 e. The van der Waals surface area contributed by atoms with Gasteiger partial charge in [-0.2, -0.15) is 0 Å². The van der Waals surface area contributed by atoms with Crippen molar-refractivity contribution in [3.63, 3.8) is 0 Å². The summed E-state index contributed by atoms with van der Waals surface area (Å²) in [5, 5.41) is 7.39. The molecule has 1 saturated carbocycles. The molecule has 0 bridgehead atoms. The molecule has 30 heavy (non-hydrogen) atoms. The second kappa shape index (κ2) is 11.1. The van der Waals surface area contributed by atoms with Crippen molar-refractivity contribution in [1.82, 2.24) is 10.6 Å². The lowest BCUT2D eigenvalue weighted by Gasteiger charge is -2.30.